The molecule has 5 nitrogen and oxygen atoms in total. The maximum atomic E-state index is 11.8. The van der Waals surface area contributed by atoms with Crippen LogP contribution in [0.5, 0.6) is 0 Å². The van der Waals surface area contributed by atoms with E-state index in [4.69, 9.17) is 4.74 Å². The average molecular weight is 275 g/mol. The number of nitrogens with zero attached hydrogens (tertiary/aromatic N) is 2. The lowest BCUT2D eigenvalue weighted by Crippen LogP contribution is -2.46. The second-order valence-corrected chi connectivity index (χ2v) is 5.90. The summed E-state index contributed by atoms with van der Waals surface area (Å²) < 4.78 is 6.82. The van der Waals surface area contributed by atoms with Crippen LogP contribution in [0.4, 0.5) is 0 Å². The van der Waals surface area contributed by atoms with Crippen molar-refractivity contribution in [1.29, 1.82) is 0 Å². The minimum Gasteiger partial charge on any atom is -0.468 e. The number of hydrogen-bond donors (Lipinski definition) is 1. The zero-order chi connectivity index (χ0) is 14.8. The summed E-state index contributed by atoms with van der Waals surface area (Å²) in [5.41, 5.74) is 1.58. The van der Waals surface area contributed by atoms with Gasteiger partial charge in [-0.25, -0.2) is 4.98 Å². The van der Waals surface area contributed by atoms with Crippen LogP contribution in [0.3, 0.4) is 0 Å². The second-order valence-electron chi connectivity index (χ2n) is 5.90. The van der Waals surface area contributed by atoms with Gasteiger partial charge in [0.15, 0.2) is 0 Å². The zero-order valence-corrected chi connectivity index (χ0v) is 12.4. The summed E-state index contributed by atoms with van der Waals surface area (Å²) in [6, 6.07) is 5.49. The monoisotopic (exact) mass is 275 g/mol. The van der Waals surface area contributed by atoms with Crippen LogP contribution in [0.25, 0.3) is 5.65 Å². The number of fused-ring (bicyclic) bond motifs is 1. The van der Waals surface area contributed by atoms with Crippen molar-refractivity contribution in [2.75, 3.05) is 7.11 Å². The fourth-order valence-electron chi connectivity index (χ4n) is 2.14. The Kier molecular flexibility index (Phi) is 4.09. The van der Waals surface area contributed by atoms with E-state index in [-0.39, 0.29) is 17.4 Å². The molecule has 0 aliphatic carbocycles. The Labute approximate surface area is 119 Å². The summed E-state index contributed by atoms with van der Waals surface area (Å²) in [6.45, 7) is 6.54. The molecule has 2 rings (SSSR count). The van der Waals surface area contributed by atoms with Crippen molar-refractivity contribution < 1.29 is 9.53 Å². The van der Waals surface area contributed by atoms with E-state index in [0.29, 0.717) is 6.54 Å². The van der Waals surface area contributed by atoms with E-state index >= 15 is 0 Å². The molecule has 0 spiro atoms. The number of carbonyl (C=O) groups is 1. The van der Waals surface area contributed by atoms with E-state index in [0.717, 1.165) is 11.3 Å². The normalized spacial score (nSPS) is 13.4. The van der Waals surface area contributed by atoms with Crippen LogP contribution in [0.1, 0.15) is 26.5 Å². The van der Waals surface area contributed by atoms with Gasteiger partial charge in [-0.05, 0) is 17.5 Å². The number of methoxy groups -OCH3 is 1. The van der Waals surface area contributed by atoms with Gasteiger partial charge in [-0.15, -0.1) is 0 Å². The van der Waals surface area contributed by atoms with Crippen LogP contribution < -0.4 is 5.32 Å². The van der Waals surface area contributed by atoms with Gasteiger partial charge in [0.2, 0.25) is 0 Å². The summed E-state index contributed by atoms with van der Waals surface area (Å²) in [4.78, 5) is 16.3. The molecule has 0 aliphatic heterocycles. The molecule has 5 heteroatoms. The first-order valence-electron chi connectivity index (χ1n) is 6.65. The first-order chi connectivity index (χ1) is 9.41. The van der Waals surface area contributed by atoms with Crippen LogP contribution >= 0.6 is 0 Å². The summed E-state index contributed by atoms with van der Waals surface area (Å²) in [6.07, 6.45) is 3.91. The predicted molar refractivity (Wildman–Crippen MR) is 77.3 cm³/mol. The van der Waals surface area contributed by atoms with E-state index in [2.05, 4.69) is 10.3 Å². The van der Waals surface area contributed by atoms with Gasteiger partial charge in [-0.3, -0.25) is 10.1 Å². The minimum atomic E-state index is -0.364. The fourth-order valence-corrected chi connectivity index (χ4v) is 2.14. The Morgan fingerprint density at radius 2 is 2.20 bits per heavy atom. The molecule has 1 atom stereocenters. The lowest BCUT2D eigenvalue weighted by molar-refractivity contribution is -0.146. The van der Waals surface area contributed by atoms with Gasteiger partial charge in [0.25, 0.3) is 0 Å². The molecular formula is C15H21N3O2. The Bertz CT molecular complexity index is 565. The van der Waals surface area contributed by atoms with Crippen LogP contribution in [0.15, 0.2) is 30.6 Å². The molecule has 0 amide bonds. The number of imidazole rings is 1. The van der Waals surface area contributed by atoms with Crippen molar-refractivity contribution in [3.8, 4) is 0 Å². The largest absolute Gasteiger partial charge is 0.468 e. The number of carbonyl (C=O) groups excluding carboxylic acids is 1. The number of ether oxygens (including phenoxy) is 1. The molecule has 2 aromatic rings. The summed E-state index contributed by atoms with van der Waals surface area (Å²) in [7, 11) is 1.41. The third-order valence-electron chi connectivity index (χ3n) is 3.20. The molecule has 0 fully saturated rings. The maximum absolute atomic E-state index is 11.8. The highest BCUT2D eigenvalue weighted by Gasteiger charge is 2.31. The van der Waals surface area contributed by atoms with Gasteiger partial charge in [-0.2, -0.15) is 0 Å². The Morgan fingerprint density at radius 3 is 2.80 bits per heavy atom. The third-order valence-corrected chi connectivity index (χ3v) is 3.20. The third kappa shape index (κ3) is 3.17. The second kappa shape index (κ2) is 5.63. The van der Waals surface area contributed by atoms with E-state index < -0.39 is 0 Å². The molecular weight excluding hydrogens is 254 g/mol. The maximum Gasteiger partial charge on any atom is 0.323 e. The fraction of sp³-hybridized carbons (Fsp3) is 0.467. The first-order valence-corrected chi connectivity index (χ1v) is 6.65. The SMILES string of the molecule is COC(=O)[C@@H](NCc1cn2ccccc2n1)C(C)(C)C. The molecule has 2 aromatic heterocycles. The highest BCUT2D eigenvalue weighted by atomic mass is 16.5. The van der Waals surface area contributed by atoms with Crippen molar-refractivity contribution in [2.24, 2.45) is 5.41 Å². The van der Waals surface area contributed by atoms with E-state index in [1.807, 2.05) is 55.8 Å². The van der Waals surface area contributed by atoms with Gasteiger partial charge in [0.1, 0.15) is 11.7 Å². The van der Waals surface area contributed by atoms with Crippen molar-refractivity contribution in [3.05, 3.63) is 36.3 Å². The van der Waals surface area contributed by atoms with Crippen molar-refractivity contribution in [2.45, 2.75) is 33.4 Å². The summed E-state index contributed by atoms with van der Waals surface area (Å²) in [5.74, 6) is -0.249. The number of aromatic nitrogens is 2. The van der Waals surface area contributed by atoms with Gasteiger partial charge in [0, 0.05) is 18.9 Å². The highest BCUT2D eigenvalue weighted by Crippen LogP contribution is 2.20. The van der Waals surface area contributed by atoms with Crippen LogP contribution in [-0.4, -0.2) is 28.5 Å². The Hall–Kier alpha value is -1.88. The summed E-state index contributed by atoms with van der Waals surface area (Å²) >= 11 is 0. The molecule has 0 saturated carbocycles. The topological polar surface area (TPSA) is 55.6 Å². The number of esters is 1. The molecule has 2 heterocycles. The number of nitrogens with one attached hydrogen (secondary N) is 1. The minimum absolute atomic E-state index is 0.216. The number of pyridine rings is 1. The van der Waals surface area contributed by atoms with Gasteiger partial charge >= 0.3 is 5.97 Å². The van der Waals surface area contributed by atoms with Gasteiger partial charge in [-0.1, -0.05) is 26.8 Å². The van der Waals surface area contributed by atoms with Crippen molar-refractivity contribution >= 4 is 11.6 Å². The van der Waals surface area contributed by atoms with E-state index in [1.54, 1.807) is 0 Å². The molecule has 0 unspecified atom stereocenters. The lowest BCUT2D eigenvalue weighted by Gasteiger charge is -2.28. The number of hydrogen-bond acceptors (Lipinski definition) is 4. The first kappa shape index (κ1) is 14.5. The molecule has 0 saturated heterocycles. The molecule has 0 radical (unpaired) electrons. The Morgan fingerprint density at radius 1 is 1.45 bits per heavy atom. The lowest BCUT2D eigenvalue weighted by atomic mass is 9.86. The molecule has 108 valence electrons. The zero-order valence-electron chi connectivity index (χ0n) is 12.4. The van der Waals surface area contributed by atoms with E-state index in [1.165, 1.54) is 7.11 Å². The molecule has 0 aromatic carbocycles. The molecule has 0 bridgehead atoms. The predicted octanol–water partition coefficient (Wildman–Crippen LogP) is 2.01. The molecule has 0 aliphatic rings. The highest BCUT2D eigenvalue weighted by molar-refractivity contribution is 5.76. The van der Waals surface area contributed by atoms with Crippen molar-refractivity contribution in [3.63, 3.8) is 0 Å². The molecule has 20 heavy (non-hydrogen) atoms. The Balaban J connectivity index is 2.11. The quantitative estimate of drug-likeness (QED) is 0.867. The van der Waals surface area contributed by atoms with Crippen molar-refractivity contribution in [1.82, 2.24) is 14.7 Å². The summed E-state index contributed by atoms with van der Waals surface area (Å²) in [5, 5.41) is 3.24. The van der Waals surface area contributed by atoms with Crippen LogP contribution in [-0.2, 0) is 16.1 Å². The standard InChI is InChI=1S/C15H21N3O2/c1-15(2,3)13(14(19)20-4)16-9-11-10-18-8-6-5-7-12(18)17-11/h5-8,10,13,16H,9H2,1-4H3/t13-/m1/s1. The van der Waals surface area contributed by atoms with Gasteiger partial charge in [0.05, 0.1) is 12.8 Å². The van der Waals surface area contributed by atoms with Gasteiger partial charge < -0.3 is 9.14 Å². The molecule has 1 N–H and O–H groups in total. The van der Waals surface area contributed by atoms with E-state index in [9.17, 15) is 4.79 Å². The number of rotatable bonds is 4. The van der Waals surface area contributed by atoms with Crippen LogP contribution in [0.2, 0.25) is 0 Å². The smallest absolute Gasteiger partial charge is 0.323 e. The van der Waals surface area contributed by atoms with Crippen LogP contribution in [0, 0.1) is 5.41 Å². The average Bonchev–Trinajstić information content (AvgIpc) is 2.79.